The van der Waals surface area contributed by atoms with Gasteiger partial charge in [0.05, 0.1) is 5.92 Å². The van der Waals surface area contributed by atoms with Crippen molar-refractivity contribution in [3.8, 4) is 0 Å². The van der Waals surface area contributed by atoms with E-state index in [1.165, 1.54) is 0 Å². The molecule has 1 aliphatic heterocycles. The van der Waals surface area contributed by atoms with Gasteiger partial charge in [-0.05, 0) is 6.92 Å². The maximum atomic E-state index is 11.4. The van der Waals surface area contributed by atoms with Gasteiger partial charge in [-0.25, -0.2) is 0 Å². The zero-order valence-electron chi connectivity index (χ0n) is 7.16. The molecule has 0 aromatic rings. The van der Waals surface area contributed by atoms with Crippen LogP contribution >= 0.6 is 11.8 Å². The fraction of sp³-hybridized carbons (Fsp3) is 0.750. The molecule has 1 atom stereocenters. The number of carbonyl (C=O) groups excluding carboxylic acids is 2. The third kappa shape index (κ3) is 2.24. The second-order valence-corrected chi connectivity index (χ2v) is 4.09. The second kappa shape index (κ2) is 4.50. The van der Waals surface area contributed by atoms with Gasteiger partial charge in [0.15, 0.2) is 0 Å². The average molecular weight is 187 g/mol. The molecule has 1 saturated heterocycles. The van der Waals surface area contributed by atoms with Crippen LogP contribution in [-0.4, -0.2) is 41.7 Å². The predicted molar refractivity (Wildman–Crippen MR) is 49.1 cm³/mol. The Labute approximate surface area is 76.5 Å². The van der Waals surface area contributed by atoms with Crippen LogP contribution in [0.15, 0.2) is 0 Å². The van der Waals surface area contributed by atoms with Crippen LogP contribution in [0.1, 0.15) is 6.92 Å². The van der Waals surface area contributed by atoms with Crippen LogP contribution in [0.3, 0.4) is 0 Å². The Bertz CT molecular complexity index is 178. The number of thioether (sulfide) groups is 1. The number of rotatable bonds is 2. The Kier molecular flexibility index (Phi) is 3.59. The first-order valence-electron chi connectivity index (χ1n) is 4.07. The minimum Gasteiger partial charge on any atom is -0.340 e. The molecule has 0 aliphatic carbocycles. The number of carbonyl (C=O) groups is 2. The van der Waals surface area contributed by atoms with E-state index in [1.54, 1.807) is 11.8 Å². The molecule has 1 unspecified atom stereocenters. The Hall–Kier alpha value is -0.510. The maximum absolute atomic E-state index is 11.4. The largest absolute Gasteiger partial charge is 0.340 e. The summed E-state index contributed by atoms with van der Waals surface area (Å²) in [4.78, 5) is 23.5. The third-order valence-electron chi connectivity index (χ3n) is 1.92. The molecule has 1 amide bonds. The molecule has 0 radical (unpaired) electrons. The van der Waals surface area contributed by atoms with E-state index in [2.05, 4.69) is 0 Å². The van der Waals surface area contributed by atoms with E-state index in [4.69, 9.17) is 0 Å². The van der Waals surface area contributed by atoms with Crippen molar-refractivity contribution in [2.75, 3.05) is 24.6 Å². The van der Waals surface area contributed by atoms with Crippen molar-refractivity contribution < 1.29 is 9.59 Å². The molecule has 1 heterocycles. The molecule has 0 saturated carbocycles. The van der Waals surface area contributed by atoms with E-state index in [0.717, 1.165) is 24.6 Å². The van der Waals surface area contributed by atoms with Gasteiger partial charge in [0, 0.05) is 24.6 Å². The van der Waals surface area contributed by atoms with Crippen molar-refractivity contribution in [3.05, 3.63) is 0 Å². The Balaban J connectivity index is 2.44. The molecule has 1 fully saturated rings. The molecule has 0 aromatic carbocycles. The maximum Gasteiger partial charge on any atom is 0.232 e. The van der Waals surface area contributed by atoms with Gasteiger partial charge in [0.1, 0.15) is 6.29 Å². The van der Waals surface area contributed by atoms with E-state index >= 15 is 0 Å². The van der Waals surface area contributed by atoms with Gasteiger partial charge < -0.3 is 9.69 Å². The van der Waals surface area contributed by atoms with Gasteiger partial charge in [0.25, 0.3) is 0 Å². The highest BCUT2D eigenvalue weighted by atomic mass is 32.2. The normalized spacial score (nSPS) is 20.2. The van der Waals surface area contributed by atoms with Gasteiger partial charge in [-0.1, -0.05) is 0 Å². The molecular weight excluding hydrogens is 174 g/mol. The van der Waals surface area contributed by atoms with Crippen LogP contribution < -0.4 is 0 Å². The number of hydrogen-bond acceptors (Lipinski definition) is 3. The van der Waals surface area contributed by atoms with Crippen molar-refractivity contribution in [2.24, 2.45) is 5.92 Å². The molecule has 1 rings (SSSR count). The summed E-state index contributed by atoms with van der Waals surface area (Å²) >= 11 is 1.85. The molecule has 0 spiro atoms. The van der Waals surface area contributed by atoms with E-state index < -0.39 is 5.92 Å². The van der Waals surface area contributed by atoms with Crippen molar-refractivity contribution in [3.63, 3.8) is 0 Å². The highest BCUT2D eigenvalue weighted by molar-refractivity contribution is 7.99. The van der Waals surface area contributed by atoms with Gasteiger partial charge >= 0.3 is 0 Å². The minimum atomic E-state index is -0.465. The number of nitrogens with zero attached hydrogens (tertiary/aromatic N) is 1. The first-order valence-corrected chi connectivity index (χ1v) is 5.23. The summed E-state index contributed by atoms with van der Waals surface area (Å²) in [7, 11) is 0. The lowest BCUT2D eigenvalue weighted by molar-refractivity contribution is -0.136. The molecule has 4 heteroatoms. The lowest BCUT2D eigenvalue weighted by Crippen LogP contribution is -2.41. The Morgan fingerprint density at radius 3 is 2.58 bits per heavy atom. The first-order chi connectivity index (χ1) is 5.75. The van der Waals surface area contributed by atoms with Crippen LogP contribution in [-0.2, 0) is 9.59 Å². The van der Waals surface area contributed by atoms with Crippen molar-refractivity contribution >= 4 is 24.0 Å². The molecule has 0 aromatic heterocycles. The predicted octanol–water partition coefficient (Wildman–Crippen LogP) is 0.397. The third-order valence-corrected chi connectivity index (χ3v) is 2.86. The summed E-state index contributed by atoms with van der Waals surface area (Å²) in [6.45, 7) is 3.24. The Morgan fingerprint density at radius 2 is 2.08 bits per heavy atom. The number of aldehydes is 1. The second-order valence-electron chi connectivity index (χ2n) is 2.86. The SMILES string of the molecule is CC(C=O)C(=O)N1CCSCC1. The summed E-state index contributed by atoms with van der Waals surface area (Å²) in [5, 5.41) is 0. The monoisotopic (exact) mass is 187 g/mol. The summed E-state index contributed by atoms with van der Waals surface area (Å²) < 4.78 is 0. The van der Waals surface area contributed by atoms with Crippen LogP contribution in [0.5, 0.6) is 0 Å². The van der Waals surface area contributed by atoms with Gasteiger partial charge in [0.2, 0.25) is 5.91 Å². The van der Waals surface area contributed by atoms with Crippen molar-refractivity contribution in [1.29, 1.82) is 0 Å². The summed E-state index contributed by atoms with van der Waals surface area (Å²) in [6.07, 6.45) is 0.712. The molecule has 68 valence electrons. The van der Waals surface area contributed by atoms with Crippen LogP contribution in [0.2, 0.25) is 0 Å². The van der Waals surface area contributed by atoms with E-state index in [0.29, 0.717) is 6.29 Å². The molecule has 1 aliphatic rings. The Morgan fingerprint density at radius 1 is 1.50 bits per heavy atom. The van der Waals surface area contributed by atoms with Crippen LogP contribution in [0, 0.1) is 5.92 Å². The highest BCUT2D eigenvalue weighted by Gasteiger charge is 2.21. The minimum absolute atomic E-state index is 0.0229. The topological polar surface area (TPSA) is 37.4 Å². The van der Waals surface area contributed by atoms with Crippen LogP contribution in [0.4, 0.5) is 0 Å². The smallest absolute Gasteiger partial charge is 0.232 e. The van der Waals surface area contributed by atoms with Crippen LogP contribution in [0.25, 0.3) is 0 Å². The standard InChI is InChI=1S/C8H13NO2S/c1-7(6-10)8(11)9-2-4-12-5-3-9/h6-7H,2-5H2,1H3. The van der Waals surface area contributed by atoms with Crippen molar-refractivity contribution in [2.45, 2.75) is 6.92 Å². The number of amides is 1. The van der Waals surface area contributed by atoms with Gasteiger partial charge in [-0.2, -0.15) is 11.8 Å². The summed E-state index contributed by atoms with van der Waals surface area (Å²) in [6, 6.07) is 0. The van der Waals surface area contributed by atoms with E-state index in [1.807, 2.05) is 11.8 Å². The molecular formula is C8H13NO2S. The van der Waals surface area contributed by atoms with E-state index in [9.17, 15) is 9.59 Å². The molecule has 0 N–H and O–H groups in total. The zero-order valence-corrected chi connectivity index (χ0v) is 7.97. The number of hydrogen-bond donors (Lipinski definition) is 0. The quantitative estimate of drug-likeness (QED) is 0.464. The van der Waals surface area contributed by atoms with Gasteiger partial charge in [-0.3, -0.25) is 4.79 Å². The van der Waals surface area contributed by atoms with Gasteiger partial charge in [-0.15, -0.1) is 0 Å². The fourth-order valence-corrected chi connectivity index (χ4v) is 2.03. The summed E-state index contributed by atoms with van der Waals surface area (Å²) in [5.74, 6) is 1.51. The molecule has 0 bridgehead atoms. The fourth-order valence-electron chi connectivity index (χ4n) is 1.13. The summed E-state index contributed by atoms with van der Waals surface area (Å²) in [5.41, 5.74) is 0. The molecule has 3 nitrogen and oxygen atoms in total. The zero-order chi connectivity index (χ0) is 8.97. The lowest BCUT2D eigenvalue weighted by atomic mass is 10.2. The van der Waals surface area contributed by atoms with Crippen molar-refractivity contribution in [1.82, 2.24) is 4.90 Å². The molecule has 12 heavy (non-hydrogen) atoms. The average Bonchev–Trinajstić information content (AvgIpc) is 2.17. The highest BCUT2D eigenvalue weighted by Crippen LogP contribution is 2.11. The lowest BCUT2D eigenvalue weighted by Gasteiger charge is -2.27. The van der Waals surface area contributed by atoms with E-state index in [-0.39, 0.29) is 5.91 Å². The first kappa shape index (κ1) is 9.58.